The van der Waals surface area contributed by atoms with Crippen LogP contribution in [0.4, 0.5) is 0 Å². The first-order valence-corrected chi connectivity index (χ1v) is 12.7. The molecule has 1 N–H and O–H groups in total. The molecule has 6 heteroatoms. The number of ether oxygens (including phenoxy) is 3. The molecular weight excluding hydrogens is 430 g/mol. The summed E-state index contributed by atoms with van der Waals surface area (Å²) in [6.07, 6.45) is 5.66. The third-order valence-corrected chi connectivity index (χ3v) is 6.23. The fourth-order valence-corrected chi connectivity index (χ4v) is 3.74. The molecule has 0 unspecified atom stereocenters. The molecule has 0 aliphatic heterocycles. The van der Waals surface area contributed by atoms with Crippen LogP contribution in [-0.4, -0.2) is 38.7 Å². The summed E-state index contributed by atoms with van der Waals surface area (Å²) in [4.78, 5) is 24.2. The van der Waals surface area contributed by atoms with E-state index in [4.69, 9.17) is 14.2 Å². The van der Waals surface area contributed by atoms with E-state index in [0.717, 1.165) is 49.8 Å². The second-order valence-electron chi connectivity index (χ2n) is 10.5. The van der Waals surface area contributed by atoms with Crippen molar-refractivity contribution in [2.24, 2.45) is 17.3 Å². The number of unbranched alkanes of at least 4 members (excludes halogenated alkanes) is 1. The molecule has 0 aliphatic rings. The monoisotopic (exact) mass is 477 g/mol. The Kier molecular flexibility index (Phi) is 13.9. The normalized spacial score (nSPS) is 14.2. The summed E-state index contributed by atoms with van der Waals surface area (Å²) >= 11 is 0. The molecule has 0 aromatic heterocycles. The lowest BCUT2D eigenvalue weighted by molar-refractivity contribution is -0.160. The van der Waals surface area contributed by atoms with E-state index in [1.807, 2.05) is 31.2 Å². The Labute approximate surface area is 207 Å². The first kappa shape index (κ1) is 30.0. The Morgan fingerprint density at radius 2 is 1.68 bits per heavy atom. The Hall–Kier alpha value is -2.08. The summed E-state index contributed by atoms with van der Waals surface area (Å²) in [5.74, 6) is 1.06. The molecule has 0 aliphatic carbocycles. The average Bonchev–Trinajstić information content (AvgIpc) is 2.80. The van der Waals surface area contributed by atoms with E-state index in [0.29, 0.717) is 25.6 Å². The lowest BCUT2D eigenvalue weighted by Crippen LogP contribution is -2.35. The van der Waals surface area contributed by atoms with E-state index in [9.17, 15) is 9.59 Å². The Bertz CT molecular complexity index is 711. The average molecular weight is 478 g/mol. The van der Waals surface area contributed by atoms with Crippen LogP contribution >= 0.6 is 0 Å². The molecule has 0 saturated heterocycles. The van der Waals surface area contributed by atoms with Gasteiger partial charge in [-0.2, -0.15) is 0 Å². The predicted octanol–water partition coefficient (Wildman–Crippen LogP) is 5.92. The lowest BCUT2D eigenvalue weighted by Gasteiger charge is -2.33. The molecule has 34 heavy (non-hydrogen) atoms. The first-order chi connectivity index (χ1) is 16.1. The minimum Gasteiger partial charge on any atom is -0.497 e. The third-order valence-electron chi connectivity index (χ3n) is 6.23. The molecule has 0 radical (unpaired) electrons. The Morgan fingerprint density at radius 3 is 2.26 bits per heavy atom. The molecule has 1 rings (SSSR count). The van der Waals surface area contributed by atoms with E-state index < -0.39 is 0 Å². The molecule has 1 aromatic carbocycles. The maximum atomic E-state index is 12.8. The second kappa shape index (κ2) is 15.8. The zero-order valence-electron chi connectivity index (χ0n) is 22.4. The highest BCUT2D eigenvalue weighted by Gasteiger charge is 2.31. The van der Waals surface area contributed by atoms with Crippen LogP contribution in [0.3, 0.4) is 0 Å². The van der Waals surface area contributed by atoms with Crippen molar-refractivity contribution in [3.05, 3.63) is 29.8 Å². The van der Waals surface area contributed by atoms with Crippen molar-refractivity contribution in [2.45, 2.75) is 92.3 Å². The van der Waals surface area contributed by atoms with Crippen molar-refractivity contribution in [1.82, 2.24) is 5.32 Å². The molecule has 0 bridgehead atoms. The summed E-state index contributed by atoms with van der Waals surface area (Å²) in [6.45, 7) is 11.7. The lowest BCUT2D eigenvalue weighted by atomic mass is 9.82. The summed E-state index contributed by atoms with van der Waals surface area (Å²) in [5, 5.41) is 2.66. The number of methoxy groups -OCH3 is 1. The van der Waals surface area contributed by atoms with Crippen LogP contribution in [0.15, 0.2) is 24.3 Å². The van der Waals surface area contributed by atoms with Gasteiger partial charge in [-0.25, -0.2) is 0 Å². The van der Waals surface area contributed by atoms with Gasteiger partial charge in [0, 0.05) is 20.1 Å². The van der Waals surface area contributed by atoms with Crippen LogP contribution in [0.25, 0.3) is 0 Å². The topological polar surface area (TPSA) is 73.9 Å². The van der Waals surface area contributed by atoms with Crippen LogP contribution in [0.2, 0.25) is 0 Å². The van der Waals surface area contributed by atoms with Crippen molar-refractivity contribution in [3.8, 4) is 5.75 Å². The minimum absolute atomic E-state index is 0.0750. The Balaban J connectivity index is 2.33. The molecule has 0 fully saturated rings. The van der Waals surface area contributed by atoms with Gasteiger partial charge < -0.3 is 19.5 Å². The summed E-state index contributed by atoms with van der Waals surface area (Å²) in [7, 11) is 3.32. The van der Waals surface area contributed by atoms with Gasteiger partial charge in [0.2, 0.25) is 5.91 Å². The first-order valence-electron chi connectivity index (χ1n) is 12.7. The van der Waals surface area contributed by atoms with Gasteiger partial charge in [-0.15, -0.1) is 0 Å². The number of benzene rings is 1. The number of hydrogen-bond acceptors (Lipinski definition) is 5. The van der Waals surface area contributed by atoms with E-state index in [1.165, 1.54) is 0 Å². The van der Waals surface area contributed by atoms with E-state index >= 15 is 0 Å². The number of rotatable bonds is 16. The molecule has 1 amide bonds. The highest BCUT2D eigenvalue weighted by atomic mass is 16.5. The maximum Gasteiger partial charge on any atom is 0.308 e. The molecule has 0 heterocycles. The number of carbonyl (C=O) groups is 2. The van der Waals surface area contributed by atoms with Gasteiger partial charge in [-0.3, -0.25) is 9.59 Å². The molecule has 194 valence electrons. The zero-order valence-corrected chi connectivity index (χ0v) is 22.4. The summed E-state index contributed by atoms with van der Waals surface area (Å²) in [5.41, 5.74) is 0.994. The largest absolute Gasteiger partial charge is 0.497 e. The zero-order chi connectivity index (χ0) is 25.6. The summed E-state index contributed by atoms with van der Waals surface area (Å²) in [6, 6.07) is 7.88. The molecule has 3 atom stereocenters. The van der Waals surface area contributed by atoms with Crippen LogP contribution in [0.5, 0.6) is 5.75 Å². The summed E-state index contributed by atoms with van der Waals surface area (Å²) < 4.78 is 16.9. The molecule has 1 aromatic rings. The molecule has 6 nitrogen and oxygen atoms in total. The van der Waals surface area contributed by atoms with Crippen LogP contribution in [-0.2, 0) is 25.7 Å². The van der Waals surface area contributed by atoms with Gasteiger partial charge in [-0.1, -0.05) is 59.6 Å². The smallest absolute Gasteiger partial charge is 0.308 e. The van der Waals surface area contributed by atoms with Crippen LogP contribution in [0, 0.1) is 17.3 Å². The Morgan fingerprint density at radius 1 is 1.00 bits per heavy atom. The molecular formula is C28H47NO5. The van der Waals surface area contributed by atoms with Gasteiger partial charge in [0.1, 0.15) is 11.9 Å². The van der Waals surface area contributed by atoms with Crippen LogP contribution in [0.1, 0.15) is 85.1 Å². The fourth-order valence-electron chi connectivity index (χ4n) is 3.74. The van der Waals surface area contributed by atoms with Crippen molar-refractivity contribution < 1.29 is 23.8 Å². The number of amides is 1. The van der Waals surface area contributed by atoms with Gasteiger partial charge in [0.25, 0.3) is 0 Å². The molecule has 0 spiro atoms. The standard InChI is InChI=1S/C28H47NO5/c1-21(11-10-13-26(30)29-6)19-25(28(3,4)5)34-27(31)22(2)12-8-9-18-33-20-23-14-16-24(32-7)17-15-23/h14-17,21-22,25H,8-13,18-20H2,1-7H3,(H,29,30)/t21-,22-,25+/m1/s1. The van der Waals surface area contributed by atoms with Gasteiger partial charge in [0.05, 0.1) is 19.6 Å². The predicted molar refractivity (Wildman–Crippen MR) is 137 cm³/mol. The quantitative estimate of drug-likeness (QED) is 0.236. The van der Waals surface area contributed by atoms with E-state index in [2.05, 4.69) is 33.0 Å². The van der Waals surface area contributed by atoms with Gasteiger partial charge in [-0.05, 0) is 54.7 Å². The van der Waals surface area contributed by atoms with Crippen LogP contribution < -0.4 is 10.1 Å². The van der Waals surface area contributed by atoms with E-state index in [1.54, 1.807) is 14.2 Å². The second-order valence-corrected chi connectivity index (χ2v) is 10.5. The van der Waals surface area contributed by atoms with Crippen molar-refractivity contribution in [1.29, 1.82) is 0 Å². The fraction of sp³-hybridized carbons (Fsp3) is 0.714. The van der Waals surface area contributed by atoms with Crippen molar-refractivity contribution in [2.75, 3.05) is 20.8 Å². The number of nitrogens with one attached hydrogen (secondary N) is 1. The number of hydrogen-bond donors (Lipinski definition) is 1. The highest BCUT2D eigenvalue weighted by Crippen LogP contribution is 2.30. The SMILES string of the molecule is CNC(=O)CCC[C@@H](C)C[C@H](OC(=O)[C@H](C)CCCCOCc1ccc(OC)cc1)C(C)(C)C. The number of esters is 1. The highest BCUT2D eigenvalue weighted by molar-refractivity contribution is 5.75. The van der Waals surface area contributed by atoms with Crippen molar-refractivity contribution in [3.63, 3.8) is 0 Å². The minimum atomic E-state index is -0.134. The van der Waals surface area contributed by atoms with E-state index in [-0.39, 0.29) is 29.3 Å². The maximum absolute atomic E-state index is 12.8. The van der Waals surface area contributed by atoms with Gasteiger partial charge >= 0.3 is 5.97 Å². The van der Waals surface area contributed by atoms with Gasteiger partial charge in [0.15, 0.2) is 0 Å². The third kappa shape index (κ3) is 12.4. The van der Waals surface area contributed by atoms with Crippen molar-refractivity contribution >= 4 is 11.9 Å². The number of carbonyl (C=O) groups excluding carboxylic acids is 2. The molecule has 0 saturated carbocycles.